The maximum Gasteiger partial charge on any atom is 0.0619 e. The van der Waals surface area contributed by atoms with E-state index in [4.69, 9.17) is 0 Å². The van der Waals surface area contributed by atoms with E-state index in [1.165, 1.54) is 59.5 Å². The molecule has 0 N–H and O–H groups in total. The predicted octanol–water partition coefficient (Wildman–Crippen LogP) is 10.4. The van der Waals surface area contributed by atoms with Crippen LogP contribution in [0.4, 0.5) is 17.1 Å². The van der Waals surface area contributed by atoms with Crippen LogP contribution in [0.25, 0.3) is 53.9 Å². The number of fused-ring (bicyclic) bond motifs is 4. The Balaban J connectivity index is 1.66. The highest BCUT2D eigenvalue weighted by atomic mass is 15.1. The van der Waals surface area contributed by atoms with Crippen LogP contribution in [0, 0.1) is 0 Å². The number of rotatable bonds is 3. The fraction of sp³-hybridized carbons (Fsp3) is 0. The van der Waals surface area contributed by atoms with Crippen molar-refractivity contribution < 1.29 is 0 Å². The third-order valence-corrected chi connectivity index (χ3v) is 7.74. The summed E-state index contributed by atoms with van der Waals surface area (Å²) in [5, 5.41) is 13.1. The van der Waals surface area contributed by atoms with Gasteiger partial charge in [0.15, 0.2) is 0 Å². The average Bonchev–Trinajstić information content (AvgIpc) is 2.97. The molecule has 172 valence electrons. The highest BCUT2D eigenvalue weighted by Gasteiger charge is 2.23. The molecule has 0 aromatic heterocycles. The van der Waals surface area contributed by atoms with Crippen molar-refractivity contribution in [2.75, 3.05) is 4.90 Å². The number of hydrogen-bond acceptors (Lipinski definition) is 1. The summed E-state index contributed by atoms with van der Waals surface area (Å²) in [5.74, 6) is 0. The predicted molar refractivity (Wildman–Crippen MR) is 160 cm³/mol. The zero-order valence-corrected chi connectivity index (χ0v) is 20.2. The second-order valence-electron chi connectivity index (χ2n) is 9.71. The quantitative estimate of drug-likeness (QED) is 0.184. The van der Waals surface area contributed by atoms with Gasteiger partial charge < -0.3 is 4.90 Å². The maximum atomic E-state index is 2.42. The molecule has 0 heterocycles. The molecule has 0 atom stereocenters. The summed E-state index contributed by atoms with van der Waals surface area (Å²) in [4.78, 5) is 2.42. The Bertz CT molecular complexity index is 2030. The second kappa shape index (κ2) is 7.81. The first-order valence-corrected chi connectivity index (χ1v) is 12.8. The Morgan fingerprint density at radius 3 is 1.41 bits per heavy atom. The molecule has 0 aliphatic heterocycles. The molecule has 0 saturated carbocycles. The molecule has 8 aromatic carbocycles. The van der Waals surface area contributed by atoms with Gasteiger partial charge in [0.25, 0.3) is 0 Å². The zero-order chi connectivity index (χ0) is 24.3. The van der Waals surface area contributed by atoms with Crippen LogP contribution in [-0.2, 0) is 0 Å². The van der Waals surface area contributed by atoms with Gasteiger partial charge in [-0.1, -0.05) is 115 Å². The summed E-state index contributed by atoms with van der Waals surface area (Å²) < 4.78 is 0. The first-order valence-electron chi connectivity index (χ1n) is 12.8. The fourth-order valence-corrected chi connectivity index (χ4v) is 6.29. The molecular formula is C36H23N. The van der Waals surface area contributed by atoms with Gasteiger partial charge in [-0.2, -0.15) is 0 Å². The lowest BCUT2D eigenvalue weighted by Crippen LogP contribution is -2.11. The van der Waals surface area contributed by atoms with E-state index >= 15 is 0 Å². The fourth-order valence-electron chi connectivity index (χ4n) is 6.29. The van der Waals surface area contributed by atoms with Crippen molar-refractivity contribution in [2.24, 2.45) is 0 Å². The van der Waals surface area contributed by atoms with Gasteiger partial charge >= 0.3 is 0 Å². The number of benzene rings is 8. The Labute approximate surface area is 215 Å². The molecule has 1 heteroatoms. The molecule has 8 rings (SSSR count). The molecule has 0 spiro atoms. The van der Waals surface area contributed by atoms with Crippen LogP contribution in [0.15, 0.2) is 140 Å². The SMILES string of the molecule is c1ccc(N(c2ccccc2)c2c3ccccc3c3c4cccc5cccc(c6cccc2c63)c54)cc1. The lowest BCUT2D eigenvalue weighted by atomic mass is 9.86. The van der Waals surface area contributed by atoms with E-state index in [1.807, 2.05) is 0 Å². The first-order chi connectivity index (χ1) is 18.4. The molecule has 37 heavy (non-hydrogen) atoms. The number of para-hydroxylation sites is 2. The molecule has 8 aromatic rings. The summed E-state index contributed by atoms with van der Waals surface area (Å²) in [7, 11) is 0. The van der Waals surface area contributed by atoms with Crippen molar-refractivity contribution in [2.45, 2.75) is 0 Å². The molecule has 0 unspecified atom stereocenters. The van der Waals surface area contributed by atoms with Gasteiger partial charge in [-0.3, -0.25) is 0 Å². The molecular weight excluding hydrogens is 446 g/mol. The number of anilines is 3. The number of hydrogen-bond donors (Lipinski definition) is 0. The summed E-state index contributed by atoms with van der Waals surface area (Å²) in [5.41, 5.74) is 3.52. The van der Waals surface area contributed by atoms with E-state index in [1.54, 1.807) is 0 Å². The third-order valence-electron chi connectivity index (χ3n) is 7.74. The van der Waals surface area contributed by atoms with Crippen LogP contribution in [0.1, 0.15) is 0 Å². The molecule has 0 saturated heterocycles. The van der Waals surface area contributed by atoms with E-state index in [9.17, 15) is 0 Å². The molecule has 0 aliphatic rings. The third kappa shape index (κ3) is 2.86. The van der Waals surface area contributed by atoms with Crippen molar-refractivity contribution in [3.05, 3.63) is 140 Å². The van der Waals surface area contributed by atoms with E-state index in [0.29, 0.717) is 0 Å². The molecule has 0 bridgehead atoms. The average molecular weight is 470 g/mol. The summed E-state index contributed by atoms with van der Waals surface area (Å²) in [6.07, 6.45) is 0. The molecule has 0 fully saturated rings. The van der Waals surface area contributed by atoms with Crippen molar-refractivity contribution in [1.82, 2.24) is 0 Å². The van der Waals surface area contributed by atoms with Crippen LogP contribution in [-0.4, -0.2) is 0 Å². The van der Waals surface area contributed by atoms with Gasteiger partial charge in [-0.05, 0) is 62.0 Å². The lowest BCUT2D eigenvalue weighted by molar-refractivity contribution is 1.31. The monoisotopic (exact) mass is 469 g/mol. The largest absolute Gasteiger partial charge is 0.309 e. The Morgan fingerprint density at radius 1 is 0.297 bits per heavy atom. The van der Waals surface area contributed by atoms with E-state index in [2.05, 4.69) is 144 Å². The highest BCUT2D eigenvalue weighted by molar-refractivity contribution is 6.40. The van der Waals surface area contributed by atoms with Crippen LogP contribution >= 0.6 is 0 Å². The van der Waals surface area contributed by atoms with Gasteiger partial charge in [0.1, 0.15) is 0 Å². The Morgan fingerprint density at radius 2 is 0.730 bits per heavy atom. The van der Waals surface area contributed by atoms with Gasteiger partial charge in [0.2, 0.25) is 0 Å². The molecule has 0 radical (unpaired) electrons. The summed E-state index contributed by atoms with van der Waals surface area (Å²) in [6.45, 7) is 0. The van der Waals surface area contributed by atoms with Gasteiger partial charge in [0, 0.05) is 27.5 Å². The Kier molecular flexibility index (Phi) is 4.29. The molecule has 0 aliphatic carbocycles. The molecule has 0 amide bonds. The minimum Gasteiger partial charge on any atom is -0.309 e. The van der Waals surface area contributed by atoms with E-state index in [-0.39, 0.29) is 0 Å². The van der Waals surface area contributed by atoms with E-state index < -0.39 is 0 Å². The summed E-state index contributed by atoms with van der Waals surface area (Å²) >= 11 is 0. The van der Waals surface area contributed by atoms with Crippen LogP contribution in [0.5, 0.6) is 0 Å². The lowest BCUT2D eigenvalue weighted by Gasteiger charge is -2.29. The van der Waals surface area contributed by atoms with Crippen LogP contribution < -0.4 is 4.90 Å². The van der Waals surface area contributed by atoms with Crippen molar-refractivity contribution >= 4 is 70.9 Å². The van der Waals surface area contributed by atoms with Gasteiger partial charge in [-0.15, -0.1) is 0 Å². The maximum absolute atomic E-state index is 2.42. The minimum absolute atomic E-state index is 1.15. The topological polar surface area (TPSA) is 3.24 Å². The minimum atomic E-state index is 1.15. The van der Waals surface area contributed by atoms with Gasteiger partial charge in [0.05, 0.1) is 5.69 Å². The molecule has 1 nitrogen and oxygen atoms in total. The second-order valence-corrected chi connectivity index (χ2v) is 9.71. The number of nitrogens with zero attached hydrogens (tertiary/aromatic N) is 1. The zero-order valence-electron chi connectivity index (χ0n) is 20.2. The van der Waals surface area contributed by atoms with Crippen molar-refractivity contribution in [3.63, 3.8) is 0 Å². The summed E-state index contributed by atoms with van der Waals surface area (Å²) in [6, 6.07) is 50.6. The normalized spacial score (nSPS) is 11.8. The van der Waals surface area contributed by atoms with Crippen LogP contribution in [0.3, 0.4) is 0 Å². The van der Waals surface area contributed by atoms with E-state index in [0.717, 1.165) is 11.4 Å². The first kappa shape index (κ1) is 20.3. The van der Waals surface area contributed by atoms with Gasteiger partial charge in [-0.25, -0.2) is 0 Å². The standard InChI is InChI=1S/C36H23N/c1-3-14-25(15-4-1)37(26-16-5-2-6-17-26)36-30-19-8-7-18-29(30)34-31-22-10-13-24-12-9-20-27(33(24)31)28-21-11-23-32(36)35(28)34/h1-23H. The van der Waals surface area contributed by atoms with Crippen molar-refractivity contribution in [1.29, 1.82) is 0 Å². The van der Waals surface area contributed by atoms with Crippen molar-refractivity contribution in [3.8, 4) is 0 Å². The Hall–Kier alpha value is -4.88. The smallest absolute Gasteiger partial charge is 0.0619 e. The highest BCUT2D eigenvalue weighted by Crippen LogP contribution is 2.50. The van der Waals surface area contributed by atoms with Crippen LogP contribution in [0.2, 0.25) is 0 Å².